The molecule has 1 aromatic carbocycles. The molecular formula is C9H7ClFNO4. The van der Waals surface area contributed by atoms with Crippen LogP contribution in [0.4, 0.5) is 10.1 Å². The van der Waals surface area contributed by atoms with Crippen LogP contribution in [-0.4, -0.2) is 18.1 Å². The van der Waals surface area contributed by atoms with Crippen LogP contribution < -0.4 is 0 Å². The molecule has 0 spiro atoms. The molecule has 86 valence electrons. The van der Waals surface area contributed by atoms with E-state index in [1.165, 1.54) is 0 Å². The van der Waals surface area contributed by atoms with Crippen molar-refractivity contribution in [3.05, 3.63) is 38.7 Å². The largest absolute Gasteiger partial charge is 0.346 e. The topological polar surface area (TPSA) is 61.6 Å². The third kappa shape index (κ3) is 1.99. The third-order valence-corrected chi connectivity index (χ3v) is 2.47. The number of ether oxygens (including phenoxy) is 2. The fraction of sp³-hybridized carbons (Fsp3) is 0.333. The summed E-state index contributed by atoms with van der Waals surface area (Å²) in [6, 6.07) is 1.92. The van der Waals surface area contributed by atoms with Gasteiger partial charge in [0.2, 0.25) is 5.82 Å². The summed E-state index contributed by atoms with van der Waals surface area (Å²) in [6.45, 7) is 0.762. The van der Waals surface area contributed by atoms with E-state index in [1.54, 1.807) is 0 Å². The second kappa shape index (κ2) is 4.32. The zero-order valence-corrected chi connectivity index (χ0v) is 8.74. The number of halogens is 2. The Balaban J connectivity index is 2.44. The minimum Gasteiger partial charge on any atom is -0.346 e. The zero-order valence-electron chi connectivity index (χ0n) is 7.98. The number of nitro groups is 1. The van der Waals surface area contributed by atoms with Gasteiger partial charge >= 0.3 is 5.69 Å². The van der Waals surface area contributed by atoms with Gasteiger partial charge in [0.25, 0.3) is 0 Å². The number of rotatable bonds is 2. The Morgan fingerprint density at radius 1 is 1.44 bits per heavy atom. The van der Waals surface area contributed by atoms with Gasteiger partial charge in [-0.15, -0.1) is 0 Å². The first-order valence-corrected chi connectivity index (χ1v) is 4.84. The molecule has 0 N–H and O–H groups in total. The van der Waals surface area contributed by atoms with Crippen LogP contribution in [0, 0.1) is 15.9 Å². The first-order valence-electron chi connectivity index (χ1n) is 4.46. The summed E-state index contributed by atoms with van der Waals surface area (Å²) in [5.41, 5.74) is -0.370. The number of nitrogens with zero attached hydrogens (tertiary/aromatic N) is 1. The predicted molar refractivity (Wildman–Crippen MR) is 52.7 cm³/mol. The molecule has 1 aliphatic rings. The lowest BCUT2D eigenvalue weighted by Crippen LogP contribution is -2.02. The van der Waals surface area contributed by atoms with Crippen LogP contribution in [0.15, 0.2) is 12.1 Å². The molecule has 0 aromatic heterocycles. The molecule has 1 aromatic rings. The van der Waals surface area contributed by atoms with Gasteiger partial charge in [-0.2, -0.15) is 4.39 Å². The van der Waals surface area contributed by atoms with Gasteiger partial charge in [-0.25, -0.2) is 0 Å². The SMILES string of the molecule is O=[N+]([O-])c1cc(C2OCCO2)c(Cl)cc1F. The van der Waals surface area contributed by atoms with Gasteiger partial charge in [-0.05, 0) is 0 Å². The van der Waals surface area contributed by atoms with Crippen LogP contribution in [0.1, 0.15) is 11.9 Å². The summed E-state index contributed by atoms with van der Waals surface area (Å²) in [6.07, 6.45) is -0.758. The van der Waals surface area contributed by atoms with Gasteiger partial charge in [-0.1, -0.05) is 11.6 Å². The van der Waals surface area contributed by atoms with E-state index in [0.717, 1.165) is 12.1 Å². The standard InChI is InChI=1S/C9H7ClFNO4/c10-6-4-7(11)8(12(13)14)3-5(6)9-15-1-2-16-9/h3-4,9H,1-2H2. The summed E-state index contributed by atoms with van der Waals surface area (Å²) in [7, 11) is 0. The maximum absolute atomic E-state index is 13.2. The molecule has 1 heterocycles. The minimum absolute atomic E-state index is 0.0509. The van der Waals surface area contributed by atoms with Crippen molar-refractivity contribution in [1.82, 2.24) is 0 Å². The minimum atomic E-state index is -0.975. The highest BCUT2D eigenvalue weighted by Crippen LogP contribution is 2.33. The molecule has 1 aliphatic heterocycles. The Bertz CT molecular complexity index is 434. The van der Waals surface area contributed by atoms with Crippen molar-refractivity contribution in [2.24, 2.45) is 0 Å². The Labute approximate surface area is 94.9 Å². The number of nitro benzene ring substituents is 1. The van der Waals surface area contributed by atoms with Gasteiger partial charge < -0.3 is 9.47 Å². The van der Waals surface area contributed by atoms with Gasteiger partial charge in [0.15, 0.2) is 6.29 Å². The normalized spacial score (nSPS) is 16.6. The highest BCUT2D eigenvalue weighted by atomic mass is 35.5. The molecule has 2 rings (SSSR count). The number of benzene rings is 1. The van der Waals surface area contributed by atoms with E-state index in [4.69, 9.17) is 21.1 Å². The van der Waals surface area contributed by atoms with Gasteiger partial charge in [0, 0.05) is 17.7 Å². The molecule has 5 nitrogen and oxygen atoms in total. The van der Waals surface area contributed by atoms with Crippen molar-refractivity contribution in [2.45, 2.75) is 6.29 Å². The molecule has 1 fully saturated rings. The van der Waals surface area contributed by atoms with E-state index in [-0.39, 0.29) is 10.6 Å². The first kappa shape index (κ1) is 11.3. The smallest absolute Gasteiger partial charge is 0.305 e. The second-order valence-electron chi connectivity index (χ2n) is 3.16. The molecule has 0 atom stereocenters. The highest BCUT2D eigenvalue weighted by Gasteiger charge is 2.26. The lowest BCUT2D eigenvalue weighted by atomic mass is 10.2. The first-order chi connectivity index (χ1) is 7.59. The quantitative estimate of drug-likeness (QED) is 0.595. The van der Waals surface area contributed by atoms with E-state index >= 15 is 0 Å². The molecule has 0 saturated carbocycles. The van der Waals surface area contributed by atoms with E-state index < -0.39 is 22.7 Å². The summed E-state index contributed by atoms with van der Waals surface area (Å²) in [4.78, 5) is 9.73. The molecule has 16 heavy (non-hydrogen) atoms. The van der Waals surface area contributed by atoms with Gasteiger partial charge in [0.1, 0.15) is 0 Å². The molecule has 0 unspecified atom stereocenters. The van der Waals surface area contributed by atoms with Crippen molar-refractivity contribution in [2.75, 3.05) is 13.2 Å². The second-order valence-corrected chi connectivity index (χ2v) is 3.56. The van der Waals surface area contributed by atoms with Crippen molar-refractivity contribution >= 4 is 17.3 Å². The van der Waals surface area contributed by atoms with Gasteiger partial charge in [0.05, 0.1) is 23.2 Å². The molecular weight excluding hydrogens is 241 g/mol. The van der Waals surface area contributed by atoms with Gasteiger partial charge in [-0.3, -0.25) is 10.1 Å². The van der Waals surface area contributed by atoms with Crippen LogP contribution in [0.25, 0.3) is 0 Å². The maximum atomic E-state index is 13.2. The molecule has 0 bridgehead atoms. The fourth-order valence-electron chi connectivity index (χ4n) is 1.41. The van der Waals surface area contributed by atoms with E-state index in [0.29, 0.717) is 13.2 Å². The third-order valence-electron chi connectivity index (χ3n) is 2.14. The highest BCUT2D eigenvalue weighted by molar-refractivity contribution is 6.31. The summed E-state index contributed by atoms with van der Waals surface area (Å²) in [5.74, 6) is -0.975. The average molecular weight is 248 g/mol. The molecule has 0 aliphatic carbocycles. The van der Waals surface area contributed by atoms with Crippen LogP contribution in [-0.2, 0) is 9.47 Å². The Kier molecular flexibility index (Phi) is 3.04. The monoisotopic (exact) mass is 247 g/mol. The zero-order chi connectivity index (χ0) is 11.7. The lowest BCUT2D eigenvalue weighted by Gasteiger charge is -2.10. The van der Waals surface area contributed by atoms with E-state index in [9.17, 15) is 14.5 Å². The Hall–Kier alpha value is -1.24. The van der Waals surface area contributed by atoms with Crippen LogP contribution in [0.2, 0.25) is 5.02 Å². The van der Waals surface area contributed by atoms with Crippen LogP contribution in [0.5, 0.6) is 0 Å². The van der Waals surface area contributed by atoms with Crippen molar-refractivity contribution in [3.63, 3.8) is 0 Å². The summed E-state index contributed by atoms with van der Waals surface area (Å²) < 4.78 is 23.4. The number of hydrogen-bond donors (Lipinski definition) is 0. The van der Waals surface area contributed by atoms with E-state index in [1.807, 2.05) is 0 Å². The lowest BCUT2D eigenvalue weighted by molar-refractivity contribution is -0.387. The Morgan fingerprint density at radius 3 is 2.62 bits per heavy atom. The summed E-state index contributed by atoms with van der Waals surface area (Å²) in [5, 5.41) is 10.6. The molecule has 0 amide bonds. The van der Waals surface area contributed by atoms with Crippen molar-refractivity contribution in [1.29, 1.82) is 0 Å². The maximum Gasteiger partial charge on any atom is 0.305 e. The number of hydrogen-bond acceptors (Lipinski definition) is 4. The average Bonchev–Trinajstić information content (AvgIpc) is 2.70. The summed E-state index contributed by atoms with van der Waals surface area (Å²) >= 11 is 5.76. The van der Waals surface area contributed by atoms with Crippen LogP contribution >= 0.6 is 11.6 Å². The molecule has 7 heteroatoms. The van der Waals surface area contributed by atoms with Crippen LogP contribution in [0.3, 0.4) is 0 Å². The predicted octanol–water partition coefficient (Wildman–Crippen LogP) is 2.43. The fourth-order valence-corrected chi connectivity index (χ4v) is 1.65. The molecule has 1 saturated heterocycles. The van der Waals surface area contributed by atoms with Crippen molar-refractivity contribution in [3.8, 4) is 0 Å². The van der Waals surface area contributed by atoms with E-state index in [2.05, 4.69) is 0 Å². The Morgan fingerprint density at radius 2 is 2.06 bits per heavy atom. The molecule has 0 radical (unpaired) electrons. The van der Waals surface area contributed by atoms with Crippen molar-refractivity contribution < 1.29 is 18.8 Å².